The number of nitrogens with one attached hydrogen (secondary N) is 1. The molecule has 0 saturated heterocycles. The van der Waals surface area contributed by atoms with Crippen LogP contribution in [-0.2, 0) is 0 Å². The van der Waals surface area contributed by atoms with Crippen molar-refractivity contribution < 1.29 is 9.47 Å². The highest BCUT2D eigenvalue weighted by molar-refractivity contribution is 7.12. The van der Waals surface area contributed by atoms with Gasteiger partial charge < -0.3 is 14.8 Å². The quantitative estimate of drug-likeness (QED) is 0.907. The van der Waals surface area contributed by atoms with E-state index in [1.807, 2.05) is 29.5 Å². The van der Waals surface area contributed by atoms with Crippen LogP contribution in [0.1, 0.15) is 22.7 Å². The van der Waals surface area contributed by atoms with Gasteiger partial charge >= 0.3 is 0 Å². The van der Waals surface area contributed by atoms with E-state index in [1.165, 1.54) is 9.75 Å². The molecule has 2 heterocycles. The minimum Gasteiger partial charge on any atom is -0.454 e. The maximum Gasteiger partial charge on any atom is 0.231 e. The smallest absolute Gasteiger partial charge is 0.231 e. The molecule has 0 bridgehead atoms. The molecule has 0 saturated carbocycles. The van der Waals surface area contributed by atoms with E-state index in [0.29, 0.717) is 12.8 Å². The summed E-state index contributed by atoms with van der Waals surface area (Å²) >= 11 is 1.82. The summed E-state index contributed by atoms with van der Waals surface area (Å²) in [7, 11) is 0. The number of ether oxygens (including phenoxy) is 2. The molecule has 3 rings (SSSR count). The Morgan fingerprint density at radius 2 is 2.00 bits per heavy atom. The van der Waals surface area contributed by atoms with Crippen molar-refractivity contribution in [1.29, 1.82) is 0 Å². The van der Waals surface area contributed by atoms with Crippen LogP contribution >= 0.6 is 11.3 Å². The zero-order chi connectivity index (χ0) is 12.5. The van der Waals surface area contributed by atoms with Crippen LogP contribution in [0.3, 0.4) is 0 Å². The van der Waals surface area contributed by atoms with Gasteiger partial charge in [-0.05, 0) is 38.1 Å². The van der Waals surface area contributed by atoms with Gasteiger partial charge in [0.1, 0.15) is 0 Å². The van der Waals surface area contributed by atoms with Crippen molar-refractivity contribution in [3.8, 4) is 11.5 Å². The van der Waals surface area contributed by atoms with E-state index >= 15 is 0 Å². The Balaban J connectivity index is 1.76. The molecule has 1 aliphatic rings. The predicted octanol–water partition coefficient (Wildman–Crippen LogP) is 3.96. The van der Waals surface area contributed by atoms with E-state index in [0.717, 1.165) is 17.2 Å². The normalized spacial score (nSPS) is 14.6. The largest absolute Gasteiger partial charge is 0.454 e. The van der Waals surface area contributed by atoms with Crippen molar-refractivity contribution in [3.63, 3.8) is 0 Å². The minimum absolute atomic E-state index is 0.295. The Morgan fingerprint density at radius 1 is 1.17 bits per heavy atom. The third-order valence-electron chi connectivity index (χ3n) is 2.94. The molecular weight excluding hydrogens is 246 g/mol. The number of thiophene rings is 1. The molecule has 1 aromatic carbocycles. The van der Waals surface area contributed by atoms with E-state index in [1.54, 1.807) is 0 Å². The highest BCUT2D eigenvalue weighted by Crippen LogP contribution is 2.35. The average Bonchev–Trinajstić information content (AvgIpc) is 2.96. The van der Waals surface area contributed by atoms with Gasteiger partial charge in [0.05, 0.1) is 6.04 Å². The van der Waals surface area contributed by atoms with Crippen molar-refractivity contribution in [2.45, 2.75) is 19.9 Å². The Morgan fingerprint density at radius 3 is 2.78 bits per heavy atom. The van der Waals surface area contributed by atoms with Crippen molar-refractivity contribution in [2.24, 2.45) is 0 Å². The molecule has 1 N–H and O–H groups in total. The average molecular weight is 261 g/mol. The van der Waals surface area contributed by atoms with Gasteiger partial charge in [0.15, 0.2) is 11.5 Å². The molecule has 1 aromatic heterocycles. The highest BCUT2D eigenvalue weighted by atomic mass is 32.1. The summed E-state index contributed by atoms with van der Waals surface area (Å²) in [5.74, 6) is 1.63. The van der Waals surface area contributed by atoms with Gasteiger partial charge in [0.25, 0.3) is 0 Å². The second-order valence-corrected chi connectivity index (χ2v) is 5.70. The zero-order valence-corrected chi connectivity index (χ0v) is 11.2. The second-order valence-electron chi connectivity index (χ2n) is 4.38. The monoisotopic (exact) mass is 261 g/mol. The summed E-state index contributed by atoms with van der Waals surface area (Å²) in [6, 6.07) is 10.6. The summed E-state index contributed by atoms with van der Waals surface area (Å²) in [4.78, 5) is 2.68. The first-order valence-electron chi connectivity index (χ1n) is 5.95. The molecule has 94 valence electrons. The van der Waals surface area contributed by atoms with Crippen LogP contribution in [0.25, 0.3) is 0 Å². The van der Waals surface area contributed by atoms with Gasteiger partial charge in [-0.2, -0.15) is 0 Å². The minimum atomic E-state index is 0.295. The van der Waals surface area contributed by atoms with Crippen LogP contribution in [0.5, 0.6) is 11.5 Å². The highest BCUT2D eigenvalue weighted by Gasteiger charge is 2.14. The van der Waals surface area contributed by atoms with Crippen molar-refractivity contribution in [3.05, 3.63) is 40.1 Å². The molecular formula is C14H15NO2S. The van der Waals surface area contributed by atoms with Crippen molar-refractivity contribution in [1.82, 2.24) is 0 Å². The molecule has 1 atom stereocenters. The molecule has 1 unspecified atom stereocenters. The summed E-state index contributed by atoms with van der Waals surface area (Å²) in [5.41, 5.74) is 1.05. The number of benzene rings is 1. The summed E-state index contributed by atoms with van der Waals surface area (Å²) < 4.78 is 10.7. The Labute approximate surface area is 110 Å². The molecule has 0 radical (unpaired) electrons. The van der Waals surface area contributed by atoms with Gasteiger partial charge in [0, 0.05) is 21.5 Å². The van der Waals surface area contributed by atoms with Gasteiger partial charge in [-0.1, -0.05) is 0 Å². The molecule has 18 heavy (non-hydrogen) atoms. The summed E-state index contributed by atoms with van der Waals surface area (Å²) in [6.07, 6.45) is 0. The summed E-state index contributed by atoms with van der Waals surface area (Å²) in [6.45, 7) is 4.61. The standard InChI is InChI=1S/C14H15NO2S/c1-9-3-6-14(18-9)10(2)15-11-4-5-12-13(7-11)17-8-16-12/h3-7,10,15H,8H2,1-2H3. The van der Waals surface area contributed by atoms with Crippen LogP contribution in [0, 0.1) is 6.92 Å². The number of hydrogen-bond donors (Lipinski definition) is 1. The lowest BCUT2D eigenvalue weighted by Gasteiger charge is -2.14. The van der Waals surface area contributed by atoms with Crippen LogP contribution in [0.4, 0.5) is 5.69 Å². The molecule has 2 aromatic rings. The Hall–Kier alpha value is -1.68. The third kappa shape index (κ3) is 2.16. The van der Waals surface area contributed by atoms with E-state index in [2.05, 4.69) is 31.3 Å². The Bertz CT molecular complexity index is 565. The maximum atomic E-state index is 5.37. The third-order valence-corrected chi connectivity index (χ3v) is 4.13. The predicted molar refractivity (Wildman–Crippen MR) is 73.7 cm³/mol. The van der Waals surface area contributed by atoms with Crippen LogP contribution < -0.4 is 14.8 Å². The topological polar surface area (TPSA) is 30.5 Å². The molecule has 4 heteroatoms. The van der Waals surface area contributed by atoms with Gasteiger partial charge in [-0.15, -0.1) is 11.3 Å². The van der Waals surface area contributed by atoms with Crippen molar-refractivity contribution >= 4 is 17.0 Å². The molecule has 0 fully saturated rings. The zero-order valence-electron chi connectivity index (χ0n) is 10.4. The lowest BCUT2D eigenvalue weighted by molar-refractivity contribution is 0.174. The van der Waals surface area contributed by atoms with Crippen LogP contribution in [-0.4, -0.2) is 6.79 Å². The van der Waals surface area contributed by atoms with Gasteiger partial charge in [-0.3, -0.25) is 0 Å². The first-order valence-corrected chi connectivity index (χ1v) is 6.76. The van der Waals surface area contributed by atoms with Crippen LogP contribution in [0.15, 0.2) is 30.3 Å². The summed E-state index contributed by atoms with van der Waals surface area (Å²) in [5, 5.41) is 3.48. The lowest BCUT2D eigenvalue weighted by Crippen LogP contribution is -2.04. The van der Waals surface area contributed by atoms with Gasteiger partial charge in [0.2, 0.25) is 6.79 Å². The molecule has 1 aliphatic heterocycles. The fourth-order valence-electron chi connectivity index (χ4n) is 1.99. The lowest BCUT2D eigenvalue weighted by atomic mass is 10.2. The number of fused-ring (bicyclic) bond motifs is 1. The fourth-order valence-corrected chi connectivity index (χ4v) is 2.87. The second kappa shape index (κ2) is 4.53. The molecule has 0 aliphatic carbocycles. The number of aryl methyl sites for hydroxylation is 1. The number of hydrogen-bond acceptors (Lipinski definition) is 4. The number of anilines is 1. The van der Waals surface area contributed by atoms with E-state index in [9.17, 15) is 0 Å². The SMILES string of the molecule is Cc1ccc(C(C)Nc2ccc3c(c2)OCO3)s1. The Kier molecular flexibility index (Phi) is 2.88. The van der Waals surface area contributed by atoms with Gasteiger partial charge in [-0.25, -0.2) is 0 Å². The molecule has 3 nitrogen and oxygen atoms in total. The fraction of sp³-hybridized carbons (Fsp3) is 0.286. The van der Waals surface area contributed by atoms with E-state index < -0.39 is 0 Å². The first-order chi connectivity index (χ1) is 8.72. The first kappa shape index (κ1) is 11.4. The molecule has 0 spiro atoms. The van der Waals surface area contributed by atoms with E-state index in [-0.39, 0.29) is 0 Å². The number of rotatable bonds is 3. The maximum absolute atomic E-state index is 5.37. The van der Waals surface area contributed by atoms with Crippen LogP contribution in [0.2, 0.25) is 0 Å². The van der Waals surface area contributed by atoms with Crippen molar-refractivity contribution in [2.75, 3.05) is 12.1 Å². The van der Waals surface area contributed by atoms with E-state index in [4.69, 9.17) is 9.47 Å². The molecule has 0 amide bonds.